The summed E-state index contributed by atoms with van der Waals surface area (Å²) in [4.78, 5) is 11.3. The average Bonchev–Trinajstić information content (AvgIpc) is 2.30. The maximum absolute atomic E-state index is 11.3. The van der Waals surface area contributed by atoms with Crippen molar-refractivity contribution in [2.45, 2.75) is 13.0 Å². The Bertz CT molecular complexity index is 379. The lowest BCUT2D eigenvalue weighted by molar-refractivity contribution is -0.122. The summed E-state index contributed by atoms with van der Waals surface area (Å²) in [6.07, 6.45) is 0. The summed E-state index contributed by atoms with van der Waals surface area (Å²) in [5.74, 6) is 0.887. The minimum Gasteiger partial charge on any atom is -0.494 e. The van der Waals surface area contributed by atoms with E-state index in [-0.39, 0.29) is 11.9 Å². The van der Waals surface area contributed by atoms with Crippen LogP contribution in [0.5, 0.6) is 5.75 Å². The van der Waals surface area contributed by atoms with Gasteiger partial charge in [0.2, 0.25) is 5.91 Å². The summed E-state index contributed by atoms with van der Waals surface area (Å²) in [5.41, 5.74) is 1.08. The van der Waals surface area contributed by atoms with Crippen molar-refractivity contribution in [3.8, 4) is 5.75 Å². The highest BCUT2D eigenvalue weighted by Crippen LogP contribution is 2.19. The van der Waals surface area contributed by atoms with Gasteiger partial charge in [0.25, 0.3) is 0 Å². The lowest BCUT2D eigenvalue weighted by Gasteiger charge is -2.24. The van der Waals surface area contributed by atoms with E-state index in [9.17, 15) is 4.79 Å². The van der Waals surface area contributed by atoms with Crippen LogP contribution >= 0.6 is 0 Å². The molecule has 86 valence electrons. The highest BCUT2D eigenvalue weighted by Gasteiger charge is 2.19. The summed E-state index contributed by atoms with van der Waals surface area (Å²) in [7, 11) is 0. The van der Waals surface area contributed by atoms with Gasteiger partial charge in [0.1, 0.15) is 5.75 Å². The van der Waals surface area contributed by atoms with Gasteiger partial charge in [-0.2, -0.15) is 0 Å². The van der Waals surface area contributed by atoms with Crippen LogP contribution in [0.1, 0.15) is 18.5 Å². The molecule has 4 nitrogen and oxygen atoms in total. The Kier molecular flexibility index (Phi) is 3.41. The molecule has 1 aromatic rings. The van der Waals surface area contributed by atoms with E-state index in [1.165, 1.54) is 0 Å². The maximum Gasteiger partial charge on any atom is 0.234 e. The normalized spacial score (nSPS) is 20.3. The van der Waals surface area contributed by atoms with Crippen molar-refractivity contribution in [2.24, 2.45) is 0 Å². The van der Waals surface area contributed by atoms with Crippen LogP contribution in [0.15, 0.2) is 24.3 Å². The standard InChI is InChI=1S/C12H16N2O2/c1-2-16-10-5-3-4-9(6-10)11-7-13-8-12(15)14-11/h3-6,11,13H,2,7-8H2,1H3,(H,14,15). The number of hydrogen-bond donors (Lipinski definition) is 2. The number of carbonyl (C=O) groups excluding carboxylic acids is 1. The minimum atomic E-state index is 0.0399. The molecule has 0 bridgehead atoms. The molecule has 0 radical (unpaired) electrons. The van der Waals surface area contributed by atoms with Crippen LogP contribution in [-0.4, -0.2) is 25.6 Å². The third-order valence-corrected chi connectivity index (χ3v) is 2.54. The van der Waals surface area contributed by atoms with Gasteiger partial charge in [-0.1, -0.05) is 12.1 Å². The summed E-state index contributed by atoms with van der Waals surface area (Å²) in [6.45, 7) is 3.78. The highest BCUT2D eigenvalue weighted by molar-refractivity contribution is 5.79. The van der Waals surface area contributed by atoms with Crippen LogP contribution in [0.3, 0.4) is 0 Å². The lowest BCUT2D eigenvalue weighted by Crippen LogP contribution is -2.46. The molecule has 1 aromatic carbocycles. The predicted molar refractivity (Wildman–Crippen MR) is 61.4 cm³/mol. The van der Waals surface area contributed by atoms with Crippen molar-refractivity contribution in [1.29, 1.82) is 0 Å². The molecule has 1 unspecified atom stereocenters. The largest absolute Gasteiger partial charge is 0.494 e. The Labute approximate surface area is 95.0 Å². The maximum atomic E-state index is 11.3. The first-order valence-corrected chi connectivity index (χ1v) is 5.52. The summed E-state index contributed by atoms with van der Waals surface area (Å²) < 4.78 is 5.43. The number of benzene rings is 1. The molecule has 0 aromatic heterocycles. The molecule has 1 fully saturated rings. The zero-order valence-electron chi connectivity index (χ0n) is 9.32. The van der Waals surface area contributed by atoms with E-state index in [0.717, 1.165) is 17.9 Å². The van der Waals surface area contributed by atoms with Gasteiger partial charge >= 0.3 is 0 Å². The zero-order chi connectivity index (χ0) is 11.4. The second kappa shape index (κ2) is 4.99. The molecule has 1 atom stereocenters. The van der Waals surface area contributed by atoms with E-state index in [0.29, 0.717) is 13.2 Å². The molecule has 1 aliphatic heterocycles. The van der Waals surface area contributed by atoms with E-state index < -0.39 is 0 Å². The van der Waals surface area contributed by atoms with Gasteiger partial charge < -0.3 is 15.4 Å². The molecule has 2 rings (SSSR count). The van der Waals surface area contributed by atoms with Crippen molar-refractivity contribution in [3.63, 3.8) is 0 Å². The molecule has 1 saturated heterocycles. The molecule has 2 N–H and O–H groups in total. The van der Waals surface area contributed by atoms with Crippen LogP contribution in [0.2, 0.25) is 0 Å². The van der Waals surface area contributed by atoms with Crippen molar-refractivity contribution < 1.29 is 9.53 Å². The Morgan fingerprint density at radius 3 is 3.12 bits per heavy atom. The Morgan fingerprint density at radius 1 is 1.50 bits per heavy atom. The number of carbonyl (C=O) groups is 1. The summed E-state index contributed by atoms with van der Waals surface area (Å²) >= 11 is 0. The van der Waals surface area contributed by atoms with Crippen molar-refractivity contribution in [2.75, 3.05) is 19.7 Å². The lowest BCUT2D eigenvalue weighted by atomic mass is 10.1. The SMILES string of the molecule is CCOc1cccc(C2CNCC(=O)N2)c1. The fourth-order valence-electron chi connectivity index (χ4n) is 1.82. The van der Waals surface area contributed by atoms with Crippen LogP contribution < -0.4 is 15.4 Å². The van der Waals surface area contributed by atoms with Gasteiger partial charge in [-0.3, -0.25) is 4.79 Å². The van der Waals surface area contributed by atoms with Crippen molar-refractivity contribution in [3.05, 3.63) is 29.8 Å². The second-order valence-electron chi connectivity index (χ2n) is 3.76. The van der Waals surface area contributed by atoms with Crippen molar-refractivity contribution >= 4 is 5.91 Å². The third kappa shape index (κ3) is 2.52. The minimum absolute atomic E-state index is 0.0399. The number of ether oxygens (including phenoxy) is 1. The van der Waals surface area contributed by atoms with E-state index in [1.54, 1.807) is 0 Å². The van der Waals surface area contributed by atoms with Crippen LogP contribution in [0.4, 0.5) is 0 Å². The number of hydrogen-bond acceptors (Lipinski definition) is 3. The van der Waals surface area contributed by atoms with Crippen molar-refractivity contribution in [1.82, 2.24) is 10.6 Å². The molecule has 0 spiro atoms. The second-order valence-corrected chi connectivity index (χ2v) is 3.76. The average molecular weight is 220 g/mol. The predicted octanol–water partition coefficient (Wildman–Crippen LogP) is 0.846. The van der Waals surface area contributed by atoms with Crippen LogP contribution in [-0.2, 0) is 4.79 Å². The molecule has 0 saturated carbocycles. The number of nitrogens with one attached hydrogen (secondary N) is 2. The van der Waals surface area contributed by atoms with Crippen LogP contribution in [0, 0.1) is 0 Å². The molecule has 1 aliphatic rings. The molecule has 4 heteroatoms. The molecule has 1 amide bonds. The summed E-state index contributed by atoms with van der Waals surface area (Å²) in [6, 6.07) is 7.88. The molecular weight excluding hydrogens is 204 g/mol. The highest BCUT2D eigenvalue weighted by atomic mass is 16.5. The first-order chi connectivity index (χ1) is 7.79. The van der Waals surface area contributed by atoms with Gasteiger partial charge in [-0.05, 0) is 24.6 Å². The summed E-state index contributed by atoms with van der Waals surface area (Å²) in [5, 5.41) is 6.03. The van der Waals surface area contributed by atoms with Gasteiger partial charge in [0, 0.05) is 6.54 Å². The Hall–Kier alpha value is -1.55. The first kappa shape index (κ1) is 11.0. The monoisotopic (exact) mass is 220 g/mol. The van der Waals surface area contributed by atoms with E-state index in [1.807, 2.05) is 31.2 Å². The molecule has 16 heavy (non-hydrogen) atoms. The fourth-order valence-corrected chi connectivity index (χ4v) is 1.82. The Balaban J connectivity index is 2.12. The third-order valence-electron chi connectivity index (χ3n) is 2.54. The van der Waals surface area contributed by atoms with Gasteiger partial charge in [-0.15, -0.1) is 0 Å². The van der Waals surface area contributed by atoms with Gasteiger partial charge in [0.05, 0.1) is 19.2 Å². The Morgan fingerprint density at radius 2 is 2.38 bits per heavy atom. The number of piperazine rings is 1. The fraction of sp³-hybridized carbons (Fsp3) is 0.417. The van der Waals surface area contributed by atoms with Gasteiger partial charge in [-0.25, -0.2) is 0 Å². The first-order valence-electron chi connectivity index (χ1n) is 5.52. The molecular formula is C12H16N2O2. The quantitative estimate of drug-likeness (QED) is 0.794. The topological polar surface area (TPSA) is 50.4 Å². The zero-order valence-corrected chi connectivity index (χ0v) is 9.32. The smallest absolute Gasteiger partial charge is 0.234 e. The van der Waals surface area contributed by atoms with E-state index >= 15 is 0 Å². The van der Waals surface area contributed by atoms with E-state index in [2.05, 4.69) is 10.6 Å². The van der Waals surface area contributed by atoms with Crippen LogP contribution in [0.25, 0.3) is 0 Å². The molecule has 0 aliphatic carbocycles. The number of rotatable bonds is 3. The van der Waals surface area contributed by atoms with E-state index in [4.69, 9.17) is 4.74 Å². The van der Waals surface area contributed by atoms with Gasteiger partial charge in [0.15, 0.2) is 0 Å². The number of amides is 1. The molecule has 1 heterocycles.